The summed E-state index contributed by atoms with van der Waals surface area (Å²) in [7, 11) is 0. The van der Waals surface area contributed by atoms with Crippen LogP contribution in [0.5, 0.6) is 0 Å². The predicted molar refractivity (Wildman–Crippen MR) is 139 cm³/mol. The lowest BCUT2D eigenvalue weighted by molar-refractivity contribution is 0.0729. The second-order valence-corrected chi connectivity index (χ2v) is 10.5. The number of nitrogens with zero attached hydrogens (tertiary/aromatic N) is 3. The van der Waals surface area contributed by atoms with Gasteiger partial charge in [0, 0.05) is 43.1 Å². The molecule has 5 rings (SSSR count). The number of nitrogens with one attached hydrogen (secondary N) is 2. The number of carbonyl (C=O) groups excluding carboxylic acids is 1. The zero-order valence-electron chi connectivity index (χ0n) is 21.4. The van der Waals surface area contributed by atoms with Crippen molar-refractivity contribution in [2.45, 2.75) is 56.8 Å². The van der Waals surface area contributed by atoms with Crippen LogP contribution in [0.2, 0.25) is 0 Å². The average molecular weight is 526 g/mol. The Bertz CT molecular complexity index is 1270. The summed E-state index contributed by atoms with van der Waals surface area (Å²) in [4.78, 5) is 15.3. The SMILES string of the molecule is Cc1c(C2CC(O)C2)nn(-c2ccccc2)c1NC(=O)N[C@@H]1CN(CC(C)O)C[C@H]1c1cc(F)cc(F)c1. The van der Waals surface area contributed by atoms with E-state index in [4.69, 9.17) is 5.10 Å². The molecular weight excluding hydrogens is 492 g/mol. The number of urea groups is 1. The minimum Gasteiger partial charge on any atom is -0.393 e. The van der Waals surface area contributed by atoms with Gasteiger partial charge in [-0.3, -0.25) is 10.2 Å². The Kier molecular flexibility index (Phi) is 7.47. The molecule has 0 spiro atoms. The van der Waals surface area contributed by atoms with E-state index in [-0.39, 0.29) is 17.9 Å². The molecule has 38 heavy (non-hydrogen) atoms. The fourth-order valence-corrected chi connectivity index (χ4v) is 5.61. The first kappa shape index (κ1) is 26.3. The van der Waals surface area contributed by atoms with Crippen LogP contribution in [0.4, 0.5) is 19.4 Å². The highest BCUT2D eigenvalue weighted by Crippen LogP contribution is 2.40. The van der Waals surface area contributed by atoms with Crippen molar-refractivity contribution >= 4 is 11.8 Å². The molecular formula is C28H33F2N5O3. The molecule has 3 aromatic rings. The van der Waals surface area contributed by atoms with Crippen LogP contribution < -0.4 is 10.6 Å². The van der Waals surface area contributed by atoms with E-state index < -0.39 is 29.8 Å². The molecule has 202 valence electrons. The second kappa shape index (κ2) is 10.8. The first-order valence-electron chi connectivity index (χ1n) is 12.9. The monoisotopic (exact) mass is 525 g/mol. The van der Waals surface area contributed by atoms with Crippen LogP contribution in [0.15, 0.2) is 48.5 Å². The van der Waals surface area contributed by atoms with E-state index in [0.717, 1.165) is 23.0 Å². The third kappa shape index (κ3) is 5.57. The average Bonchev–Trinajstić information content (AvgIpc) is 3.37. The maximum Gasteiger partial charge on any atom is 0.320 e. The van der Waals surface area contributed by atoms with Crippen LogP contribution in [0.1, 0.15) is 48.4 Å². The normalized spacial score (nSPS) is 24.2. The first-order chi connectivity index (χ1) is 18.2. The van der Waals surface area contributed by atoms with Crippen molar-refractivity contribution in [1.29, 1.82) is 0 Å². The van der Waals surface area contributed by atoms with Crippen molar-refractivity contribution < 1.29 is 23.8 Å². The Morgan fingerprint density at radius 3 is 2.45 bits per heavy atom. The molecule has 0 radical (unpaired) electrons. The summed E-state index contributed by atoms with van der Waals surface area (Å²) in [5.74, 6) is -1.06. The third-order valence-corrected chi connectivity index (χ3v) is 7.44. The molecule has 0 bridgehead atoms. The summed E-state index contributed by atoms with van der Waals surface area (Å²) in [6.45, 7) is 4.82. The summed E-state index contributed by atoms with van der Waals surface area (Å²) in [5, 5.41) is 30.5. The number of likely N-dealkylation sites (tertiary alicyclic amines) is 1. The molecule has 3 atom stereocenters. The van der Waals surface area contributed by atoms with E-state index in [1.807, 2.05) is 42.2 Å². The molecule has 2 amide bonds. The third-order valence-electron chi connectivity index (χ3n) is 7.44. The van der Waals surface area contributed by atoms with E-state index in [1.165, 1.54) is 12.1 Å². The fraction of sp³-hybridized carbons (Fsp3) is 0.429. The van der Waals surface area contributed by atoms with Gasteiger partial charge in [0.05, 0.1) is 29.6 Å². The van der Waals surface area contributed by atoms with Crippen LogP contribution in [0, 0.1) is 18.6 Å². The molecule has 1 aliphatic heterocycles. The highest BCUT2D eigenvalue weighted by molar-refractivity contribution is 5.90. The van der Waals surface area contributed by atoms with Crippen molar-refractivity contribution in [3.8, 4) is 5.69 Å². The van der Waals surface area contributed by atoms with Crippen LogP contribution >= 0.6 is 0 Å². The molecule has 1 aromatic heterocycles. The lowest BCUT2D eigenvalue weighted by atomic mass is 9.79. The van der Waals surface area contributed by atoms with Crippen molar-refractivity contribution in [3.05, 3.63) is 77.0 Å². The summed E-state index contributed by atoms with van der Waals surface area (Å²) >= 11 is 0. The first-order valence-corrected chi connectivity index (χ1v) is 12.9. The van der Waals surface area contributed by atoms with Gasteiger partial charge >= 0.3 is 6.03 Å². The molecule has 2 aromatic carbocycles. The van der Waals surface area contributed by atoms with Crippen molar-refractivity contribution in [2.24, 2.45) is 0 Å². The van der Waals surface area contributed by atoms with Gasteiger partial charge in [-0.1, -0.05) is 18.2 Å². The molecule has 2 aliphatic rings. The number of halogens is 2. The standard InChI is InChI=1S/C28H33F2N5O3/c1-16(36)13-34-14-24(18-8-20(29)12-21(30)9-18)25(15-34)31-28(38)32-27-17(2)26(19-10-23(37)11-19)33-35(27)22-6-4-3-5-7-22/h3-9,12,16,19,23-25,36-37H,10-11,13-15H2,1-2H3,(H2,31,32,38)/t16?,19?,23?,24-,25+/m0/s1. The number of aliphatic hydroxyl groups is 2. The number of amides is 2. The molecule has 1 unspecified atom stereocenters. The van der Waals surface area contributed by atoms with Crippen LogP contribution in [-0.2, 0) is 0 Å². The van der Waals surface area contributed by atoms with Crippen LogP contribution in [0.3, 0.4) is 0 Å². The zero-order valence-corrected chi connectivity index (χ0v) is 21.4. The molecule has 10 heteroatoms. The van der Waals surface area contributed by atoms with Gasteiger partial charge in [-0.15, -0.1) is 0 Å². The quantitative estimate of drug-likeness (QED) is 0.377. The van der Waals surface area contributed by atoms with Gasteiger partial charge in [0.25, 0.3) is 0 Å². The summed E-state index contributed by atoms with van der Waals surface area (Å²) in [5.41, 5.74) is 2.91. The van der Waals surface area contributed by atoms with Gasteiger partial charge in [0.2, 0.25) is 0 Å². The molecule has 2 heterocycles. The van der Waals surface area contributed by atoms with Gasteiger partial charge in [0.15, 0.2) is 0 Å². The Morgan fingerprint density at radius 2 is 1.82 bits per heavy atom. The minimum atomic E-state index is -0.673. The zero-order chi connectivity index (χ0) is 27.0. The number of aliphatic hydroxyl groups excluding tert-OH is 2. The van der Waals surface area contributed by atoms with Crippen molar-refractivity contribution in [2.75, 3.05) is 25.0 Å². The molecule has 2 fully saturated rings. The number of hydrogen-bond acceptors (Lipinski definition) is 5. The molecule has 8 nitrogen and oxygen atoms in total. The largest absolute Gasteiger partial charge is 0.393 e. The number of carbonyl (C=O) groups is 1. The number of β-amino-alcohol motifs (C(OH)–C–C–N with tert-alkyl or cyclic N) is 1. The van der Waals surface area contributed by atoms with Crippen molar-refractivity contribution in [3.63, 3.8) is 0 Å². The van der Waals surface area contributed by atoms with E-state index in [9.17, 15) is 23.8 Å². The number of rotatable bonds is 7. The van der Waals surface area contributed by atoms with Gasteiger partial charge < -0.3 is 15.5 Å². The topological polar surface area (TPSA) is 103 Å². The van der Waals surface area contributed by atoms with Gasteiger partial charge in [-0.2, -0.15) is 5.10 Å². The van der Waals surface area contributed by atoms with E-state index >= 15 is 0 Å². The highest BCUT2D eigenvalue weighted by Gasteiger charge is 2.37. The maximum absolute atomic E-state index is 14.0. The van der Waals surface area contributed by atoms with Crippen LogP contribution in [-0.4, -0.2) is 68.8 Å². The summed E-state index contributed by atoms with van der Waals surface area (Å²) < 4.78 is 29.7. The number of aromatic nitrogens is 2. The predicted octanol–water partition coefficient (Wildman–Crippen LogP) is 3.67. The number of benzene rings is 2. The second-order valence-electron chi connectivity index (χ2n) is 10.5. The van der Waals surface area contributed by atoms with Gasteiger partial charge in [0.1, 0.15) is 17.5 Å². The molecule has 4 N–H and O–H groups in total. The summed E-state index contributed by atoms with van der Waals surface area (Å²) in [6.07, 6.45) is 0.341. The van der Waals surface area contributed by atoms with Gasteiger partial charge in [-0.05, 0) is 56.5 Å². The minimum absolute atomic E-state index is 0.120. The lowest BCUT2D eigenvalue weighted by Crippen LogP contribution is -2.43. The Morgan fingerprint density at radius 1 is 1.13 bits per heavy atom. The Hall–Kier alpha value is -3.34. The van der Waals surface area contributed by atoms with E-state index in [0.29, 0.717) is 43.9 Å². The fourth-order valence-electron chi connectivity index (χ4n) is 5.61. The molecule has 1 saturated carbocycles. The number of para-hydroxylation sites is 1. The lowest BCUT2D eigenvalue weighted by Gasteiger charge is -2.30. The smallest absolute Gasteiger partial charge is 0.320 e. The van der Waals surface area contributed by atoms with Crippen molar-refractivity contribution in [1.82, 2.24) is 20.0 Å². The molecule has 1 saturated heterocycles. The van der Waals surface area contributed by atoms with Gasteiger partial charge in [-0.25, -0.2) is 18.3 Å². The Labute approximate surface area is 220 Å². The number of anilines is 1. The van der Waals surface area contributed by atoms with E-state index in [2.05, 4.69) is 10.6 Å². The number of hydrogen-bond donors (Lipinski definition) is 4. The van der Waals surface area contributed by atoms with E-state index in [1.54, 1.807) is 11.6 Å². The van der Waals surface area contributed by atoms with Crippen LogP contribution in [0.25, 0.3) is 5.69 Å². The summed E-state index contributed by atoms with van der Waals surface area (Å²) in [6, 6.07) is 12.0. The molecule has 1 aliphatic carbocycles. The Balaban J connectivity index is 1.39. The highest BCUT2D eigenvalue weighted by atomic mass is 19.1. The maximum atomic E-state index is 14.0.